The second-order valence-electron chi connectivity index (χ2n) is 3.98. The highest BCUT2D eigenvalue weighted by atomic mass is 19.1. The molecule has 1 aromatic rings. The van der Waals surface area contributed by atoms with Crippen LogP contribution in [-0.2, 0) is 0 Å². The highest BCUT2D eigenvalue weighted by molar-refractivity contribution is 6.00. The van der Waals surface area contributed by atoms with Gasteiger partial charge in [-0.3, -0.25) is 0 Å². The number of carbonyl (C=O) groups is 1. The number of hydrogen-bond donors (Lipinski definition) is 2. The first kappa shape index (κ1) is 13.8. The summed E-state index contributed by atoms with van der Waals surface area (Å²) in [6.07, 6.45) is 0.229. The molecule has 0 bridgehead atoms. The molecule has 3 N–H and O–H groups in total. The van der Waals surface area contributed by atoms with Crippen molar-refractivity contribution in [3.05, 3.63) is 23.5 Å². The first-order valence-electron chi connectivity index (χ1n) is 5.31. The van der Waals surface area contributed by atoms with Gasteiger partial charge in [0.15, 0.2) is 0 Å². The van der Waals surface area contributed by atoms with Crippen LogP contribution in [0, 0.1) is 17.1 Å². The Morgan fingerprint density at radius 2 is 2.28 bits per heavy atom. The molecule has 0 aromatic heterocycles. The Balaban J connectivity index is 3.29. The van der Waals surface area contributed by atoms with Crippen LogP contribution in [0.15, 0.2) is 12.1 Å². The number of rotatable bonds is 4. The predicted molar refractivity (Wildman–Crippen MR) is 65.9 cm³/mol. The fraction of sp³-hybridized carbons (Fsp3) is 0.333. The van der Waals surface area contributed by atoms with Gasteiger partial charge in [0.2, 0.25) is 0 Å². The number of halogens is 1. The Hall–Kier alpha value is -2.29. The third-order valence-corrected chi connectivity index (χ3v) is 2.81. The molecule has 1 aromatic carbocycles. The van der Waals surface area contributed by atoms with Crippen molar-refractivity contribution in [3.8, 4) is 6.07 Å². The molecule has 0 aliphatic carbocycles. The Morgan fingerprint density at radius 3 is 2.78 bits per heavy atom. The second kappa shape index (κ2) is 5.36. The van der Waals surface area contributed by atoms with E-state index >= 15 is 0 Å². The second-order valence-corrected chi connectivity index (χ2v) is 3.98. The van der Waals surface area contributed by atoms with Crippen LogP contribution in [-0.4, -0.2) is 24.2 Å². The fourth-order valence-corrected chi connectivity index (χ4v) is 1.61. The minimum absolute atomic E-state index is 0.196. The molecule has 18 heavy (non-hydrogen) atoms. The number of nitrogen functional groups attached to an aromatic ring is 1. The van der Waals surface area contributed by atoms with Crippen LogP contribution in [0.25, 0.3) is 0 Å². The summed E-state index contributed by atoms with van der Waals surface area (Å²) in [5, 5.41) is 17.7. The minimum Gasteiger partial charge on any atom is -0.478 e. The number of nitriles is 1. The van der Waals surface area contributed by atoms with E-state index in [0.717, 1.165) is 6.07 Å². The molecule has 6 heteroatoms. The standard InChI is InChI=1S/C12H14FN3O2/c1-7(5-6-14)16(2)9-4-3-8(13)11(15)10(9)12(17)18/h3-4,7H,5,15H2,1-2H3,(H,17,18). The summed E-state index contributed by atoms with van der Waals surface area (Å²) in [7, 11) is 1.64. The van der Waals surface area contributed by atoms with Crippen molar-refractivity contribution in [2.45, 2.75) is 19.4 Å². The molecule has 0 fully saturated rings. The summed E-state index contributed by atoms with van der Waals surface area (Å²) in [6, 6.07) is 4.27. The van der Waals surface area contributed by atoms with Crippen LogP contribution >= 0.6 is 0 Å². The first-order valence-corrected chi connectivity index (χ1v) is 5.31. The molecule has 0 amide bonds. The molecular weight excluding hydrogens is 237 g/mol. The van der Waals surface area contributed by atoms with Crippen LogP contribution < -0.4 is 10.6 Å². The van der Waals surface area contributed by atoms with E-state index in [4.69, 9.17) is 16.1 Å². The van der Waals surface area contributed by atoms with Crippen molar-refractivity contribution in [1.82, 2.24) is 0 Å². The Labute approximate surface area is 104 Å². The van der Waals surface area contributed by atoms with Crippen molar-refractivity contribution in [3.63, 3.8) is 0 Å². The van der Waals surface area contributed by atoms with Gasteiger partial charge in [-0.2, -0.15) is 5.26 Å². The van der Waals surface area contributed by atoms with Crippen LogP contribution in [0.3, 0.4) is 0 Å². The molecule has 0 spiro atoms. The van der Waals surface area contributed by atoms with E-state index in [-0.39, 0.29) is 18.0 Å². The van der Waals surface area contributed by atoms with Gasteiger partial charge in [0.1, 0.15) is 11.4 Å². The molecule has 96 valence electrons. The third kappa shape index (κ3) is 2.51. The van der Waals surface area contributed by atoms with Gasteiger partial charge in [0.05, 0.1) is 23.9 Å². The molecule has 1 unspecified atom stereocenters. The van der Waals surface area contributed by atoms with Crippen molar-refractivity contribution < 1.29 is 14.3 Å². The summed E-state index contributed by atoms with van der Waals surface area (Å²) in [5.74, 6) is -2.06. The lowest BCUT2D eigenvalue weighted by Crippen LogP contribution is -2.30. The van der Waals surface area contributed by atoms with Gasteiger partial charge in [-0.15, -0.1) is 0 Å². The summed E-state index contributed by atoms with van der Waals surface area (Å²) < 4.78 is 13.3. The molecule has 1 rings (SSSR count). The summed E-state index contributed by atoms with van der Waals surface area (Å²) in [6.45, 7) is 1.77. The zero-order valence-corrected chi connectivity index (χ0v) is 10.1. The highest BCUT2D eigenvalue weighted by Crippen LogP contribution is 2.29. The lowest BCUT2D eigenvalue weighted by molar-refractivity contribution is 0.0698. The van der Waals surface area contributed by atoms with Gasteiger partial charge < -0.3 is 15.7 Å². The molecule has 0 aliphatic heterocycles. The smallest absolute Gasteiger partial charge is 0.340 e. The zero-order valence-electron chi connectivity index (χ0n) is 10.1. The van der Waals surface area contributed by atoms with E-state index in [1.165, 1.54) is 6.07 Å². The molecule has 0 aliphatic rings. The monoisotopic (exact) mass is 251 g/mol. The average molecular weight is 251 g/mol. The topological polar surface area (TPSA) is 90.4 Å². The zero-order chi connectivity index (χ0) is 13.9. The summed E-state index contributed by atoms with van der Waals surface area (Å²) in [5.41, 5.74) is 5.08. The maximum absolute atomic E-state index is 13.3. The lowest BCUT2D eigenvalue weighted by atomic mass is 10.1. The molecule has 5 nitrogen and oxygen atoms in total. The van der Waals surface area contributed by atoms with E-state index in [9.17, 15) is 9.18 Å². The number of benzene rings is 1. The number of nitrogens with two attached hydrogens (primary N) is 1. The molecular formula is C12H14FN3O2. The Morgan fingerprint density at radius 1 is 1.67 bits per heavy atom. The molecule has 0 heterocycles. The Bertz CT molecular complexity index is 511. The molecule has 0 saturated heterocycles. The van der Waals surface area contributed by atoms with E-state index < -0.39 is 17.5 Å². The maximum Gasteiger partial charge on any atom is 0.340 e. The van der Waals surface area contributed by atoms with Crippen molar-refractivity contribution in [2.75, 3.05) is 17.7 Å². The van der Waals surface area contributed by atoms with E-state index in [0.29, 0.717) is 5.69 Å². The van der Waals surface area contributed by atoms with Crippen LogP contribution in [0.1, 0.15) is 23.7 Å². The molecule has 0 radical (unpaired) electrons. The average Bonchev–Trinajstić information content (AvgIpc) is 2.31. The van der Waals surface area contributed by atoms with Crippen LogP contribution in [0.2, 0.25) is 0 Å². The highest BCUT2D eigenvalue weighted by Gasteiger charge is 2.22. The summed E-state index contributed by atoms with van der Waals surface area (Å²) >= 11 is 0. The van der Waals surface area contributed by atoms with Gasteiger partial charge in [0.25, 0.3) is 0 Å². The fourth-order valence-electron chi connectivity index (χ4n) is 1.61. The third-order valence-electron chi connectivity index (χ3n) is 2.81. The predicted octanol–water partition coefficient (Wildman–Crippen LogP) is 1.84. The van der Waals surface area contributed by atoms with Crippen LogP contribution in [0.5, 0.6) is 0 Å². The largest absolute Gasteiger partial charge is 0.478 e. The van der Waals surface area contributed by atoms with E-state index in [1.54, 1.807) is 18.9 Å². The van der Waals surface area contributed by atoms with Gasteiger partial charge in [-0.05, 0) is 19.1 Å². The van der Waals surface area contributed by atoms with E-state index in [2.05, 4.69) is 0 Å². The van der Waals surface area contributed by atoms with Crippen molar-refractivity contribution >= 4 is 17.3 Å². The number of carboxylic acid groups (broad SMARTS) is 1. The van der Waals surface area contributed by atoms with E-state index in [1.807, 2.05) is 6.07 Å². The van der Waals surface area contributed by atoms with Gasteiger partial charge in [0, 0.05) is 13.1 Å². The quantitative estimate of drug-likeness (QED) is 0.797. The summed E-state index contributed by atoms with van der Waals surface area (Å²) in [4.78, 5) is 12.7. The first-order chi connectivity index (χ1) is 8.40. The normalized spacial score (nSPS) is 11.7. The SMILES string of the molecule is CC(CC#N)N(C)c1ccc(F)c(N)c1C(=O)O. The van der Waals surface area contributed by atoms with Gasteiger partial charge in [-0.1, -0.05) is 0 Å². The number of aromatic carboxylic acids is 1. The van der Waals surface area contributed by atoms with Crippen molar-refractivity contribution in [1.29, 1.82) is 5.26 Å². The van der Waals surface area contributed by atoms with Gasteiger partial charge in [-0.25, -0.2) is 9.18 Å². The molecule has 1 atom stereocenters. The maximum atomic E-state index is 13.3. The number of carboxylic acids is 1. The van der Waals surface area contributed by atoms with Crippen molar-refractivity contribution in [2.24, 2.45) is 0 Å². The number of hydrogen-bond acceptors (Lipinski definition) is 4. The van der Waals surface area contributed by atoms with Gasteiger partial charge >= 0.3 is 5.97 Å². The number of nitrogens with zero attached hydrogens (tertiary/aromatic N) is 2. The molecule has 0 saturated carbocycles. The number of anilines is 2. The van der Waals surface area contributed by atoms with Crippen LogP contribution in [0.4, 0.5) is 15.8 Å². The minimum atomic E-state index is -1.29. The lowest BCUT2D eigenvalue weighted by Gasteiger charge is -2.27. The Kier molecular flexibility index (Phi) is 4.10.